The Morgan fingerprint density at radius 3 is 2.53 bits per heavy atom. The minimum atomic E-state index is -4.36. The number of carbonyl (C=O) groups excluding carboxylic acids is 1. The van der Waals surface area contributed by atoms with Crippen molar-refractivity contribution < 1.29 is 22.7 Å². The van der Waals surface area contributed by atoms with Crippen LogP contribution in [0, 0.1) is 0 Å². The van der Waals surface area contributed by atoms with Gasteiger partial charge in [-0.1, -0.05) is 30.3 Å². The zero-order valence-electron chi connectivity index (χ0n) is 10.1. The van der Waals surface area contributed by atoms with Gasteiger partial charge in [0.15, 0.2) is 0 Å². The topological polar surface area (TPSA) is 64.4 Å². The highest BCUT2D eigenvalue weighted by molar-refractivity contribution is 5.82. The summed E-state index contributed by atoms with van der Waals surface area (Å²) in [6.07, 6.45) is -4.36. The van der Waals surface area contributed by atoms with Crippen LogP contribution < -0.4 is 11.1 Å². The SMILES string of the molecule is NC(C(=O)NCCOCC(F)(F)F)c1ccccc1. The van der Waals surface area contributed by atoms with Gasteiger partial charge in [0, 0.05) is 6.54 Å². The molecule has 1 rings (SSSR count). The molecule has 0 fully saturated rings. The van der Waals surface area contributed by atoms with E-state index < -0.39 is 24.7 Å². The number of hydrogen-bond acceptors (Lipinski definition) is 3. The van der Waals surface area contributed by atoms with E-state index in [1.54, 1.807) is 30.3 Å². The maximum Gasteiger partial charge on any atom is 0.411 e. The Balaban J connectivity index is 2.25. The molecule has 0 saturated heterocycles. The van der Waals surface area contributed by atoms with E-state index in [9.17, 15) is 18.0 Å². The highest BCUT2D eigenvalue weighted by atomic mass is 19.4. The van der Waals surface area contributed by atoms with Crippen molar-refractivity contribution in [2.24, 2.45) is 5.73 Å². The van der Waals surface area contributed by atoms with Crippen LogP contribution in [-0.2, 0) is 9.53 Å². The number of hydrogen-bond donors (Lipinski definition) is 2. The Morgan fingerprint density at radius 1 is 1.32 bits per heavy atom. The molecule has 1 aromatic rings. The number of rotatable bonds is 6. The first-order valence-electron chi connectivity index (χ1n) is 5.63. The zero-order valence-corrected chi connectivity index (χ0v) is 10.1. The Kier molecular flexibility index (Phi) is 5.78. The second-order valence-electron chi connectivity index (χ2n) is 3.85. The van der Waals surface area contributed by atoms with Gasteiger partial charge in [0.05, 0.1) is 6.61 Å². The molecule has 7 heteroatoms. The molecule has 0 bridgehead atoms. The van der Waals surface area contributed by atoms with Crippen LogP contribution in [0.1, 0.15) is 11.6 Å². The third-order valence-electron chi connectivity index (χ3n) is 2.25. The minimum absolute atomic E-state index is 0.0184. The van der Waals surface area contributed by atoms with Crippen LogP contribution in [0.2, 0.25) is 0 Å². The first-order chi connectivity index (χ1) is 8.90. The molecule has 0 aromatic heterocycles. The fourth-order valence-corrected chi connectivity index (χ4v) is 1.36. The van der Waals surface area contributed by atoms with Crippen molar-refractivity contribution in [3.63, 3.8) is 0 Å². The summed E-state index contributed by atoms with van der Waals surface area (Å²) >= 11 is 0. The number of alkyl halides is 3. The quantitative estimate of drug-likeness (QED) is 0.772. The Labute approximate surface area is 108 Å². The fraction of sp³-hybridized carbons (Fsp3) is 0.417. The molecule has 3 N–H and O–H groups in total. The molecule has 1 unspecified atom stereocenters. The van der Waals surface area contributed by atoms with Crippen LogP contribution in [0.4, 0.5) is 13.2 Å². The number of ether oxygens (including phenoxy) is 1. The van der Waals surface area contributed by atoms with Gasteiger partial charge in [-0.25, -0.2) is 0 Å². The molecule has 4 nitrogen and oxygen atoms in total. The van der Waals surface area contributed by atoms with E-state index in [4.69, 9.17) is 5.73 Å². The predicted octanol–water partition coefficient (Wildman–Crippen LogP) is 1.38. The number of carbonyl (C=O) groups is 1. The van der Waals surface area contributed by atoms with E-state index in [1.165, 1.54) is 0 Å². The van der Waals surface area contributed by atoms with Crippen molar-refractivity contribution >= 4 is 5.91 Å². The predicted molar refractivity (Wildman–Crippen MR) is 63.3 cm³/mol. The first-order valence-corrected chi connectivity index (χ1v) is 5.63. The fourth-order valence-electron chi connectivity index (χ4n) is 1.36. The van der Waals surface area contributed by atoms with E-state index in [-0.39, 0.29) is 13.2 Å². The number of benzene rings is 1. The smallest absolute Gasteiger partial charge is 0.370 e. The molecule has 19 heavy (non-hydrogen) atoms. The van der Waals surface area contributed by atoms with Gasteiger partial charge in [0.1, 0.15) is 12.6 Å². The van der Waals surface area contributed by atoms with Crippen molar-refractivity contribution in [1.82, 2.24) is 5.32 Å². The van der Waals surface area contributed by atoms with Crippen molar-refractivity contribution in [3.8, 4) is 0 Å². The second-order valence-corrected chi connectivity index (χ2v) is 3.85. The number of amides is 1. The van der Waals surface area contributed by atoms with Gasteiger partial charge < -0.3 is 15.8 Å². The molecule has 0 heterocycles. The molecular formula is C12H15F3N2O2. The van der Waals surface area contributed by atoms with Crippen LogP contribution in [0.3, 0.4) is 0 Å². The van der Waals surface area contributed by atoms with Crippen molar-refractivity contribution in [2.45, 2.75) is 12.2 Å². The summed E-state index contributed by atoms with van der Waals surface area (Å²) in [5, 5.41) is 2.41. The number of halogens is 3. The Bertz CT molecular complexity index is 396. The molecule has 1 aromatic carbocycles. The van der Waals surface area contributed by atoms with Gasteiger partial charge in [-0.05, 0) is 5.56 Å². The minimum Gasteiger partial charge on any atom is -0.370 e. The summed E-state index contributed by atoms with van der Waals surface area (Å²) in [7, 11) is 0. The van der Waals surface area contributed by atoms with Crippen molar-refractivity contribution in [2.75, 3.05) is 19.8 Å². The normalized spacial score (nSPS) is 13.1. The standard InChI is InChI=1S/C12H15F3N2O2/c13-12(14,15)8-19-7-6-17-11(18)10(16)9-4-2-1-3-5-9/h1-5,10H,6-8,16H2,(H,17,18). The lowest BCUT2D eigenvalue weighted by Crippen LogP contribution is -2.36. The first kappa shape index (κ1) is 15.5. The van der Waals surface area contributed by atoms with Gasteiger partial charge in [0.25, 0.3) is 0 Å². The summed E-state index contributed by atoms with van der Waals surface area (Å²) in [6.45, 7) is -1.56. The van der Waals surface area contributed by atoms with Gasteiger partial charge >= 0.3 is 6.18 Å². The van der Waals surface area contributed by atoms with E-state index >= 15 is 0 Å². The lowest BCUT2D eigenvalue weighted by Gasteiger charge is -2.13. The van der Waals surface area contributed by atoms with E-state index in [0.29, 0.717) is 5.56 Å². The van der Waals surface area contributed by atoms with Gasteiger partial charge in [0.2, 0.25) is 5.91 Å². The maximum atomic E-state index is 11.8. The van der Waals surface area contributed by atoms with Crippen molar-refractivity contribution in [3.05, 3.63) is 35.9 Å². The molecule has 106 valence electrons. The maximum absolute atomic E-state index is 11.8. The number of nitrogens with one attached hydrogen (secondary N) is 1. The van der Waals surface area contributed by atoms with E-state index in [2.05, 4.69) is 10.1 Å². The Hall–Kier alpha value is -1.60. The Morgan fingerprint density at radius 2 is 1.95 bits per heavy atom. The molecule has 1 amide bonds. The molecule has 1 atom stereocenters. The van der Waals surface area contributed by atoms with Gasteiger partial charge in [-0.15, -0.1) is 0 Å². The summed E-state index contributed by atoms with van der Waals surface area (Å²) in [5.41, 5.74) is 6.33. The third-order valence-corrected chi connectivity index (χ3v) is 2.25. The van der Waals surface area contributed by atoms with Crippen LogP contribution in [0.15, 0.2) is 30.3 Å². The average molecular weight is 276 g/mol. The lowest BCUT2D eigenvalue weighted by atomic mass is 10.1. The highest BCUT2D eigenvalue weighted by Gasteiger charge is 2.27. The second kappa shape index (κ2) is 7.10. The van der Waals surface area contributed by atoms with E-state index in [1.807, 2.05) is 0 Å². The van der Waals surface area contributed by atoms with Crippen LogP contribution in [-0.4, -0.2) is 31.8 Å². The number of nitrogens with two attached hydrogens (primary N) is 1. The van der Waals surface area contributed by atoms with Crippen LogP contribution in [0.25, 0.3) is 0 Å². The highest BCUT2D eigenvalue weighted by Crippen LogP contribution is 2.14. The van der Waals surface area contributed by atoms with Gasteiger partial charge in [-0.2, -0.15) is 13.2 Å². The molecule has 0 spiro atoms. The zero-order chi connectivity index (χ0) is 14.3. The molecule has 0 aliphatic carbocycles. The molecule has 0 aliphatic heterocycles. The summed E-state index contributed by atoms with van der Waals surface area (Å²) < 4.78 is 39.6. The summed E-state index contributed by atoms with van der Waals surface area (Å²) in [6, 6.07) is 7.83. The third kappa shape index (κ3) is 6.21. The van der Waals surface area contributed by atoms with Crippen LogP contribution >= 0.6 is 0 Å². The summed E-state index contributed by atoms with van der Waals surface area (Å²) in [4.78, 5) is 11.6. The van der Waals surface area contributed by atoms with Gasteiger partial charge in [-0.3, -0.25) is 4.79 Å². The summed E-state index contributed by atoms with van der Waals surface area (Å²) in [5.74, 6) is -0.457. The monoisotopic (exact) mass is 276 g/mol. The average Bonchev–Trinajstić information content (AvgIpc) is 2.37. The van der Waals surface area contributed by atoms with Crippen molar-refractivity contribution in [1.29, 1.82) is 0 Å². The molecular weight excluding hydrogens is 261 g/mol. The lowest BCUT2D eigenvalue weighted by molar-refractivity contribution is -0.173. The molecule has 0 aliphatic rings. The molecule has 0 radical (unpaired) electrons. The largest absolute Gasteiger partial charge is 0.411 e. The molecule has 0 saturated carbocycles. The van der Waals surface area contributed by atoms with E-state index in [0.717, 1.165) is 0 Å². The van der Waals surface area contributed by atoms with Crippen LogP contribution in [0.5, 0.6) is 0 Å².